The Morgan fingerprint density at radius 3 is 2.47 bits per heavy atom. The quantitative estimate of drug-likeness (QED) is 0.682. The van der Waals surface area contributed by atoms with Crippen molar-refractivity contribution in [1.29, 1.82) is 0 Å². The van der Waals surface area contributed by atoms with Gasteiger partial charge in [0, 0.05) is 5.56 Å². The van der Waals surface area contributed by atoms with Gasteiger partial charge < -0.3 is 12.4 Å². The number of benzene rings is 1. The second kappa shape index (κ2) is 5.45. The average Bonchev–Trinajstić information content (AvgIpc) is 2.23. The van der Waals surface area contributed by atoms with Crippen molar-refractivity contribution in [2.75, 3.05) is 0 Å². The molecule has 0 saturated heterocycles. The first kappa shape index (κ1) is 12.4. The van der Waals surface area contributed by atoms with E-state index in [1.807, 2.05) is 18.2 Å². The van der Waals surface area contributed by atoms with Crippen LogP contribution in [0.15, 0.2) is 41.8 Å². The van der Waals surface area contributed by atoms with Crippen LogP contribution in [0.1, 0.15) is 5.56 Å². The van der Waals surface area contributed by atoms with E-state index in [9.17, 15) is 0 Å². The van der Waals surface area contributed by atoms with Crippen molar-refractivity contribution in [2.24, 2.45) is 0 Å². The topological polar surface area (TPSA) is 0 Å². The standard InChI is InChI=1S/C12H10ClS.ClH/c1-9-7-11(12(13)14-8-9)10-5-3-2-4-6-10;/h2-8H,1H3;1H/q+1;/p-1. The zero-order chi connectivity index (χ0) is 9.97. The smallest absolute Gasteiger partial charge is 0.305 e. The van der Waals surface area contributed by atoms with Crippen LogP contribution in [0.4, 0.5) is 0 Å². The Kier molecular flexibility index (Phi) is 4.52. The fraction of sp³-hybridized carbons (Fsp3) is 0.0833. The van der Waals surface area contributed by atoms with Gasteiger partial charge in [-0.2, -0.15) is 0 Å². The molecule has 2 aromatic rings. The molecule has 0 unspecified atom stereocenters. The third-order valence-corrected chi connectivity index (χ3v) is 3.40. The minimum atomic E-state index is 0. The summed E-state index contributed by atoms with van der Waals surface area (Å²) in [5.41, 5.74) is 3.55. The molecule has 15 heavy (non-hydrogen) atoms. The molecule has 0 aliphatic rings. The van der Waals surface area contributed by atoms with Crippen molar-refractivity contribution < 1.29 is 12.4 Å². The van der Waals surface area contributed by atoms with Gasteiger partial charge in [0.15, 0.2) is 5.38 Å². The molecule has 0 amide bonds. The van der Waals surface area contributed by atoms with Crippen LogP contribution in [0, 0.1) is 6.92 Å². The Morgan fingerprint density at radius 1 is 1.13 bits per heavy atom. The summed E-state index contributed by atoms with van der Waals surface area (Å²) in [6, 6.07) is 12.3. The Bertz CT molecular complexity index is 441. The molecule has 1 aromatic heterocycles. The van der Waals surface area contributed by atoms with Crippen molar-refractivity contribution in [3.63, 3.8) is 0 Å². The van der Waals surface area contributed by atoms with Crippen LogP contribution in [0.3, 0.4) is 0 Å². The minimum absolute atomic E-state index is 0. The normalized spacial score (nSPS) is 9.47. The molecule has 1 aromatic carbocycles. The molecule has 0 spiro atoms. The van der Waals surface area contributed by atoms with Gasteiger partial charge in [-0.3, -0.25) is 0 Å². The SMILES string of the molecule is Cc1c[s+]c(Cl)c(-c2ccccc2)c1.[Cl-]. The van der Waals surface area contributed by atoms with Gasteiger partial charge in [0.2, 0.25) is 11.3 Å². The molecule has 0 radical (unpaired) electrons. The van der Waals surface area contributed by atoms with E-state index in [1.165, 1.54) is 11.1 Å². The molecule has 0 bridgehead atoms. The molecule has 0 N–H and O–H groups in total. The van der Waals surface area contributed by atoms with Crippen LogP contribution in [0.25, 0.3) is 11.1 Å². The van der Waals surface area contributed by atoms with Gasteiger partial charge >= 0.3 is 4.34 Å². The molecule has 0 aliphatic heterocycles. The molecule has 78 valence electrons. The maximum atomic E-state index is 6.15. The highest BCUT2D eigenvalue weighted by molar-refractivity contribution is 7.14. The van der Waals surface area contributed by atoms with E-state index in [0.29, 0.717) is 0 Å². The first-order valence-electron chi connectivity index (χ1n) is 4.41. The van der Waals surface area contributed by atoms with Crippen LogP contribution < -0.4 is 12.4 Å². The summed E-state index contributed by atoms with van der Waals surface area (Å²) in [5.74, 6) is 0. The van der Waals surface area contributed by atoms with Crippen molar-refractivity contribution in [3.05, 3.63) is 51.7 Å². The average molecular weight is 257 g/mol. The first-order valence-corrected chi connectivity index (χ1v) is 5.66. The molecule has 0 atom stereocenters. The molecule has 0 nitrogen and oxygen atoms in total. The molecule has 3 heteroatoms. The lowest BCUT2D eigenvalue weighted by molar-refractivity contribution is -0.00000266. The fourth-order valence-corrected chi connectivity index (χ4v) is 2.30. The summed E-state index contributed by atoms with van der Waals surface area (Å²) in [7, 11) is 0. The van der Waals surface area contributed by atoms with Gasteiger partial charge in [0.05, 0.1) is 5.56 Å². The zero-order valence-electron chi connectivity index (χ0n) is 8.21. The lowest BCUT2D eigenvalue weighted by Gasteiger charge is -1.98. The monoisotopic (exact) mass is 256 g/mol. The minimum Gasteiger partial charge on any atom is -1.00 e. The maximum Gasteiger partial charge on any atom is 0.305 e. The van der Waals surface area contributed by atoms with Gasteiger partial charge in [-0.25, -0.2) is 0 Å². The van der Waals surface area contributed by atoms with E-state index in [-0.39, 0.29) is 12.4 Å². The van der Waals surface area contributed by atoms with E-state index in [0.717, 1.165) is 9.90 Å². The predicted octanol–water partition coefficient (Wildman–Crippen LogP) is 1.66. The molecular formula is C12H10Cl2S. The van der Waals surface area contributed by atoms with Crippen LogP contribution in [-0.2, 0) is 0 Å². The molecule has 1 heterocycles. The van der Waals surface area contributed by atoms with E-state index in [2.05, 4.69) is 30.5 Å². The van der Waals surface area contributed by atoms with Crippen LogP contribution in [0.5, 0.6) is 0 Å². The van der Waals surface area contributed by atoms with E-state index >= 15 is 0 Å². The summed E-state index contributed by atoms with van der Waals surface area (Å²) in [4.78, 5) is 0. The van der Waals surface area contributed by atoms with Crippen molar-refractivity contribution in [1.82, 2.24) is 0 Å². The Morgan fingerprint density at radius 2 is 1.80 bits per heavy atom. The summed E-state index contributed by atoms with van der Waals surface area (Å²) < 4.78 is 0.849. The highest BCUT2D eigenvalue weighted by Crippen LogP contribution is 2.31. The largest absolute Gasteiger partial charge is 1.00 e. The number of hydrogen-bond donors (Lipinski definition) is 0. The first-order chi connectivity index (χ1) is 6.77. The summed E-state index contributed by atoms with van der Waals surface area (Å²) in [5, 5.41) is 2.06. The van der Waals surface area contributed by atoms with Gasteiger partial charge in [0.1, 0.15) is 0 Å². The molecule has 0 aliphatic carbocycles. The summed E-state index contributed by atoms with van der Waals surface area (Å²) >= 11 is 7.73. The van der Waals surface area contributed by atoms with E-state index in [4.69, 9.17) is 11.6 Å². The lowest BCUT2D eigenvalue weighted by Crippen LogP contribution is -3.00. The Balaban J connectivity index is 0.00000112. The summed E-state index contributed by atoms with van der Waals surface area (Å²) in [6.07, 6.45) is 0. The predicted molar refractivity (Wildman–Crippen MR) is 63.9 cm³/mol. The second-order valence-corrected chi connectivity index (χ2v) is 4.66. The van der Waals surface area contributed by atoms with E-state index in [1.54, 1.807) is 11.3 Å². The van der Waals surface area contributed by atoms with Gasteiger partial charge in [0.25, 0.3) is 0 Å². The van der Waals surface area contributed by atoms with Crippen LogP contribution >= 0.6 is 22.9 Å². The van der Waals surface area contributed by atoms with Crippen molar-refractivity contribution in [3.8, 4) is 11.1 Å². The summed E-state index contributed by atoms with van der Waals surface area (Å²) in [6.45, 7) is 2.08. The third-order valence-electron chi connectivity index (χ3n) is 2.02. The lowest BCUT2D eigenvalue weighted by atomic mass is 10.1. The van der Waals surface area contributed by atoms with Crippen LogP contribution in [-0.4, -0.2) is 0 Å². The van der Waals surface area contributed by atoms with Crippen LogP contribution in [0.2, 0.25) is 4.34 Å². The highest BCUT2D eigenvalue weighted by atomic mass is 35.5. The zero-order valence-corrected chi connectivity index (χ0v) is 10.5. The van der Waals surface area contributed by atoms with Gasteiger partial charge in [-0.1, -0.05) is 30.3 Å². The number of aryl methyl sites for hydroxylation is 1. The Hall–Kier alpha value is -0.630. The number of hydrogen-bond acceptors (Lipinski definition) is 0. The molecule has 2 rings (SSSR count). The van der Waals surface area contributed by atoms with Gasteiger partial charge in [-0.15, -0.1) is 0 Å². The molecule has 0 saturated carbocycles. The maximum absolute atomic E-state index is 6.15. The van der Waals surface area contributed by atoms with E-state index < -0.39 is 0 Å². The number of halogens is 2. The van der Waals surface area contributed by atoms with Crippen molar-refractivity contribution >= 4 is 22.9 Å². The molecule has 0 fully saturated rings. The fourth-order valence-electron chi connectivity index (χ4n) is 1.34. The highest BCUT2D eigenvalue weighted by Gasteiger charge is 2.12. The Labute approximate surface area is 105 Å². The van der Waals surface area contributed by atoms with Gasteiger partial charge in [-0.05, 0) is 30.2 Å². The third kappa shape index (κ3) is 2.91. The van der Waals surface area contributed by atoms with Crippen molar-refractivity contribution in [2.45, 2.75) is 6.92 Å². The molecular weight excluding hydrogens is 247 g/mol. The number of rotatable bonds is 1. The second-order valence-electron chi connectivity index (χ2n) is 3.18.